The van der Waals surface area contributed by atoms with Gasteiger partial charge in [-0.05, 0) is 35.7 Å². The summed E-state index contributed by atoms with van der Waals surface area (Å²) in [5.74, 6) is 1.09. The standard InChI is InChI=1S/C12H17N3S/c1-2-15-5-4-14-12(15)8-11(13)7-10-3-6-16-9-10/h3-6,9,11H,2,7-8,13H2,1H3. The molecule has 86 valence electrons. The van der Waals surface area contributed by atoms with E-state index in [1.54, 1.807) is 11.3 Å². The Morgan fingerprint density at radius 1 is 1.50 bits per heavy atom. The normalized spacial score (nSPS) is 12.9. The Hall–Kier alpha value is -1.13. The minimum atomic E-state index is 0.155. The maximum Gasteiger partial charge on any atom is 0.110 e. The smallest absolute Gasteiger partial charge is 0.110 e. The average molecular weight is 235 g/mol. The second-order valence-electron chi connectivity index (χ2n) is 3.93. The van der Waals surface area contributed by atoms with Gasteiger partial charge in [-0.2, -0.15) is 11.3 Å². The van der Waals surface area contributed by atoms with Crippen molar-refractivity contribution >= 4 is 11.3 Å². The van der Waals surface area contributed by atoms with Gasteiger partial charge in [0.2, 0.25) is 0 Å². The van der Waals surface area contributed by atoms with Crippen LogP contribution < -0.4 is 5.73 Å². The summed E-state index contributed by atoms with van der Waals surface area (Å²) in [6, 6.07) is 2.29. The molecule has 16 heavy (non-hydrogen) atoms. The van der Waals surface area contributed by atoms with Crippen LogP contribution in [0.5, 0.6) is 0 Å². The van der Waals surface area contributed by atoms with Gasteiger partial charge in [0, 0.05) is 31.4 Å². The summed E-state index contributed by atoms with van der Waals surface area (Å²) in [4.78, 5) is 4.34. The van der Waals surface area contributed by atoms with Gasteiger partial charge in [0.15, 0.2) is 0 Å². The van der Waals surface area contributed by atoms with Crippen molar-refractivity contribution < 1.29 is 0 Å². The Morgan fingerprint density at radius 2 is 2.38 bits per heavy atom. The molecule has 0 amide bonds. The topological polar surface area (TPSA) is 43.8 Å². The average Bonchev–Trinajstić information content (AvgIpc) is 2.88. The number of aromatic nitrogens is 2. The number of aryl methyl sites for hydroxylation is 1. The van der Waals surface area contributed by atoms with Gasteiger partial charge in [-0.1, -0.05) is 0 Å². The van der Waals surface area contributed by atoms with Gasteiger partial charge >= 0.3 is 0 Å². The maximum atomic E-state index is 6.13. The third-order valence-corrected chi connectivity index (χ3v) is 3.40. The van der Waals surface area contributed by atoms with Crippen LogP contribution in [-0.2, 0) is 19.4 Å². The second-order valence-corrected chi connectivity index (χ2v) is 4.71. The number of nitrogens with two attached hydrogens (primary N) is 1. The maximum absolute atomic E-state index is 6.13. The van der Waals surface area contributed by atoms with Crippen LogP contribution >= 0.6 is 11.3 Å². The van der Waals surface area contributed by atoms with E-state index < -0.39 is 0 Å². The quantitative estimate of drug-likeness (QED) is 0.862. The molecule has 2 N–H and O–H groups in total. The Balaban J connectivity index is 1.94. The van der Waals surface area contributed by atoms with Gasteiger partial charge in [-0.25, -0.2) is 4.98 Å². The van der Waals surface area contributed by atoms with Crippen LogP contribution in [0.3, 0.4) is 0 Å². The fourth-order valence-electron chi connectivity index (χ4n) is 1.84. The Bertz CT molecular complexity index is 419. The number of hydrogen-bond donors (Lipinski definition) is 1. The molecule has 0 aromatic carbocycles. The van der Waals surface area contributed by atoms with Crippen molar-refractivity contribution in [2.45, 2.75) is 32.4 Å². The molecule has 2 rings (SSSR count). The number of hydrogen-bond acceptors (Lipinski definition) is 3. The zero-order valence-corrected chi connectivity index (χ0v) is 10.3. The number of nitrogens with zero attached hydrogens (tertiary/aromatic N) is 2. The monoisotopic (exact) mass is 235 g/mol. The van der Waals surface area contributed by atoms with Crippen molar-refractivity contribution in [3.8, 4) is 0 Å². The van der Waals surface area contributed by atoms with Crippen LogP contribution in [0.25, 0.3) is 0 Å². The highest BCUT2D eigenvalue weighted by Crippen LogP contribution is 2.10. The van der Waals surface area contributed by atoms with Crippen LogP contribution in [-0.4, -0.2) is 15.6 Å². The van der Waals surface area contributed by atoms with Crippen molar-refractivity contribution in [3.05, 3.63) is 40.6 Å². The summed E-state index contributed by atoms with van der Waals surface area (Å²) in [7, 11) is 0. The van der Waals surface area contributed by atoms with E-state index in [0.717, 1.165) is 25.2 Å². The summed E-state index contributed by atoms with van der Waals surface area (Å²) in [5, 5.41) is 4.25. The summed E-state index contributed by atoms with van der Waals surface area (Å²) in [6.45, 7) is 3.08. The molecule has 3 nitrogen and oxygen atoms in total. The van der Waals surface area contributed by atoms with Crippen molar-refractivity contribution in [2.75, 3.05) is 0 Å². The highest BCUT2D eigenvalue weighted by molar-refractivity contribution is 7.07. The zero-order chi connectivity index (χ0) is 11.4. The van der Waals surface area contributed by atoms with Gasteiger partial charge < -0.3 is 10.3 Å². The molecule has 0 bridgehead atoms. The largest absolute Gasteiger partial charge is 0.335 e. The van der Waals surface area contributed by atoms with Crippen LogP contribution in [0, 0.1) is 0 Å². The molecule has 0 aliphatic rings. The third-order valence-electron chi connectivity index (χ3n) is 2.67. The third kappa shape index (κ3) is 2.71. The van der Waals surface area contributed by atoms with E-state index in [1.807, 2.05) is 12.4 Å². The van der Waals surface area contributed by atoms with E-state index in [2.05, 4.69) is 33.3 Å². The second kappa shape index (κ2) is 5.27. The SMILES string of the molecule is CCn1ccnc1CC(N)Cc1ccsc1. The number of rotatable bonds is 5. The lowest BCUT2D eigenvalue weighted by molar-refractivity contribution is 0.603. The molecule has 0 radical (unpaired) electrons. The Morgan fingerprint density at radius 3 is 3.06 bits per heavy atom. The first-order valence-corrected chi connectivity index (χ1v) is 6.50. The van der Waals surface area contributed by atoms with Crippen LogP contribution in [0.4, 0.5) is 0 Å². The fraction of sp³-hybridized carbons (Fsp3) is 0.417. The van der Waals surface area contributed by atoms with Crippen LogP contribution in [0.1, 0.15) is 18.3 Å². The molecule has 1 unspecified atom stereocenters. The molecule has 0 saturated carbocycles. The molecule has 0 saturated heterocycles. The lowest BCUT2D eigenvalue weighted by Gasteiger charge is -2.11. The van der Waals surface area contributed by atoms with Crippen molar-refractivity contribution in [1.29, 1.82) is 0 Å². The molecule has 2 aromatic rings. The Kier molecular flexibility index (Phi) is 3.74. The molecule has 4 heteroatoms. The first-order valence-electron chi connectivity index (χ1n) is 5.56. The lowest BCUT2D eigenvalue weighted by atomic mass is 10.1. The van der Waals surface area contributed by atoms with Gasteiger partial charge in [-0.15, -0.1) is 0 Å². The van der Waals surface area contributed by atoms with E-state index in [1.165, 1.54) is 5.56 Å². The molecule has 0 spiro atoms. The van der Waals surface area contributed by atoms with Crippen molar-refractivity contribution in [1.82, 2.24) is 9.55 Å². The Labute approximate surface area is 99.9 Å². The van der Waals surface area contributed by atoms with Gasteiger partial charge in [0.1, 0.15) is 5.82 Å². The summed E-state index contributed by atoms with van der Waals surface area (Å²) >= 11 is 1.72. The van der Waals surface area contributed by atoms with E-state index in [0.29, 0.717) is 0 Å². The molecule has 2 heterocycles. The lowest BCUT2D eigenvalue weighted by Crippen LogP contribution is -2.26. The van der Waals surface area contributed by atoms with E-state index in [-0.39, 0.29) is 6.04 Å². The van der Waals surface area contributed by atoms with Crippen LogP contribution in [0.2, 0.25) is 0 Å². The zero-order valence-electron chi connectivity index (χ0n) is 9.47. The first-order chi connectivity index (χ1) is 7.79. The highest BCUT2D eigenvalue weighted by Gasteiger charge is 2.09. The van der Waals surface area contributed by atoms with Crippen molar-refractivity contribution in [2.24, 2.45) is 5.73 Å². The number of thiophene rings is 1. The molecule has 2 aromatic heterocycles. The van der Waals surface area contributed by atoms with Gasteiger partial charge in [0.25, 0.3) is 0 Å². The van der Waals surface area contributed by atoms with Crippen molar-refractivity contribution in [3.63, 3.8) is 0 Å². The van der Waals surface area contributed by atoms with Gasteiger partial charge in [-0.3, -0.25) is 0 Å². The van der Waals surface area contributed by atoms with E-state index >= 15 is 0 Å². The molecule has 1 atom stereocenters. The molecular formula is C12H17N3S. The predicted molar refractivity (Wildman–Crippen MR) is 67.6 cm³/mol. The molecular weight excluding hydrogens is 218 g/mol. The van der Waals surface area contributed by atoms with E-state index in [4.69, 9.17) is 5.73 Å². The predicted octanol–water partition coefficient (Wildman–Crippen LogP) is 2.08. The minimum Gasteiger partial charge on any atom is -0.335 e. The fourth-order valence-corrected chi connectivity index (χ4v) is 2.52. The summed E-state index contributed by atoms with van der Waals surface area (Å²) < 4.78 is 2.15. The summed E-state index contributed by atoms with van der Waals surface area (Å²) in [6.07, 6.45) is 5.62. The minimum absolute atomic E-state index is 0.155. The molecule has 0 fully saturated rings. The highest BCUT2D eigenvalue weighted by atomic mass is 32.1. The summed E-state index contributed by atoms with van der Waals surface area (Å²) in [5.41, 5.74) is 7.46. The van der Waals surface area contributed by atoms with E-state index in [9.17, 15) is 0 Å². The first kappa shape index (κ1) is 11.4. The van der Waals surface area contributed by atoms with Gasteiger partial charge in [0.05, 0.1) is 0 Å². The molecule has 0 aliphatic heterocycles. The number of imidazole rings is 1. The van der Waals surface area contributed by atoms with Crippen LogP contribution in [0.15, 0.2) is 29.2 Å². The molecule has 0 aliphatic carbocycles.